The molecule has 8 heteroatoms. The molecule has 2 fully saturated rings. The van der Waals surface area contributed by atoms with Gasteiger partial charge in [-0.3, -0.25) is 4.79 Å². The van der Waals surface area contributed by atoms with E-state index in [4.69, 9.17) is 4.42 Å². The van der Waals surface area contributed by atoms with E-state index >= 15 is 0 Å². The van der Waals surface area contributed by atoms with E-state index in [2.05, 4.69) is 58.4 Å². The Bertz CT molecular complexity index is 1080. The normalized spacial score (nSPS) is 19.7. The zero-order valence-corrected chi connectivity index (χ0v) is 21.6. The quantitative estimate of drug-likeness (QED) is 0.427. The largest absolute Gasteiger partial charge is 0.459 e. The summed E-state index contributed by atoms with van der Waals surface area (Å²) in [6.45, 7) is 7.39. The van der Waals surface area contributed by atoms with Crippen LogP contribution in [0.25, 0.3) is 0 Å². The standard InChI is InChI=1S/C28H38N6O2/c1-22-8-10-24(11-9-22)33(27(35)26-7-6-20-36-26)25-12-17-32(18-13-25)19-16-28(14-4-3-5-15-28)23(2)34-30-21-29-31-34/h6-11,20-21,23,25H,3-5,12-19H2,1-2H3. The van der Waals surface area contributed by atoms with Crippen molar-refractivity contribution < 1.29 is 9.21 Å². The number of amides is 1. The Kier molecular flexibility index (Phi) is 7.51. The van der Waals surface area contributed by atoms with Gasteiger partial charge in [0.15, 0.2) is 12.1 Å². The van der Waals surface area contributed by atoms with Gasteiger partial charge in [-0.15, -0.1) is 10.2 Å². The molecule has 8 nitrogen and oxygen atoms in total. The third-order valence-corrected chi connectivity index (χ3v) is 8.56. The van der Waals surface area contributed by atoms with Crippen LogP contribution < -0.4 is 4.90 Å². The first-order chi connectivity index (χ1) is 17.6. The number of hydrogen-bond donors (Lipinski definition) is 0. The van der Waals surface area contributed by atoms with Crippen LogP contribution in [0.2, 0.25) is 0 Å². The molecule has 192 valence electrons. The van der Waals surface area contributed by atoms with Crippen LogP contribution in [0.15, 0.2) is 53.4 Å². The number of piperidine rings is 1. The van der Waals surface area contributed by atoms with Gasteiger partial charge in [0.1, 0.15) is 0 Å². The second-order valence-electron chi connectivity index (χ2n) is 10.7. The van der Waals surface area contributed by atoms with E-state index in [9.17, 15) is 4.79 Å². The Hall–Kier alpha value is -3.00. The van der Waals surface area contributed by atoms with E-state index in [-0.39, 0.29) is 23.4 Å². The van der Waals surface area contributed by atoms with Crippen molar-refractivity contribution in [1.29, 1.82) is 0 Å². The van der Waals surface area contributed by atoms with Crippen molar-refractivity contribution in [3.8, 4) is 0 Å². The summed E-state index contributed by atoms with van der Waals surface area (Å²) in [6, 6.07) is 12.2. The van der Waals surface area contributed by atoms with Gasteiger partial charge in [-0.2, -0.15) is 4.80 Å². The van der Waals surface area contributed by atoms with Gasteiger partial charge in [0.2, 0.25) is 0 Å². The van der Waals surface area contributed by atoms with Crippen LogP contribution in [0.4, 0.5) is 5.69 Å². The smallest absolute Gasteiger partial charge is 0.294 e. The third-order valence-electron chi connectivity index (χ3n) is 8.56. The van der Waals surface area contributed by atoms with Gasteiger partial charge >= 0.3 is 0 Å². The van der Waals surface area contributed by atoms with Crippen molar-refractivity contribution in [2.45, 2.75) is 77.3 Å². The molecule has 1 aromatic carbocycles. The van der Waals surface area contributed by atoms with Gasteiger partial charge in [-0.1, -0.05) is 37.0 Å². The highest BCUT2D eigenvalue weighted by molar-refractivity contribution is 6.04. The summed E-state index contributed by atoms with van der Waals surface area (Å²) in [6.07, 6.45) is 12.5. The zero-order valence-electron chi connectivity index (χ0n) is 21.6. The summed E-state index contributed by atoms with van der Waals surface area (Å²) < 4.78 is 5.48. The maximum atomic E-state index is 13.4. The van der Waals surface area contributed by atoms with Gasteiger partial charge < -0.3 is 14.2 Å². The number of benzene rings is 1. The fourth-order valence-corrected chi connectivity index (χ4v) is 6.23. The Morgan fingerprint density at radius 1 is 1.14 bits per heavy atom. The number of tetrazole rings is 1. The van der Waals surface area contributed by atoms with Gasteiger partial charge in [-0.25, -0.2) is 0 Å². The van der Waals surface area contributed by atoms with E-state index in [0.29, 0.717) is 5.76 Å². The summed E-state index contributed by atoms with van der Waals surface area (Å²) in [7, 11) is 0. The van der Waals surface area contributed by atoms with Gasteiger partial charge in [-0.05, 0) is 87.4 Å². The van der Waals surface area contributed by atoms with Gasteiger partial charge in [0.25, 0.3) is 5.91 Å². The number of likely N-dealkylation sites (tertiary alicyclic amines) is 1. The van der Waals surface area contributed by atoms with Crippen LogP contribution >= 0.6 is 0 Å². The van der Waals surface area contributed by atoms with Crippen molar-refractivity contribution in [3.05, 3.63) is 60.3 Å². The molecule has 1 aliphatic carbocycles. The molecule has 1 amide bonds. The summed E-state index contributed by atoms with van der Waals surface area (Å²) >= 11 is 0. The minimum Gasteiger partial charge on any atom is -0.459 e. The van der Waals surface area contributed by atoms with Crippen molar-refractivity contribution in [3.63, 3.8) is 0 Å². The highest BCUT2D eigenvalue weighted by Gasteiger charge is 2.40. The zero-order chi connectivity index (χ0) is 25.0. The fourth-order valence-electron chi connectivity index (χ4n) is 6.23. The molecule has 1 saturated heterocycles. The van der Waals surface area contributed by atoms with Crippen molar-refractivity contribution >= 4 is 11.6 Å². The van der Waals surface area contributed by atoms with Crippen molar-refractivity contribution in [2.24, 2.45) is 5.41 Å². The van der Waals surface area contributed by atoms with E-state index < -0.39 is 0 Å². The first-order valence-electron chi connectivity index (χ1n) is 13.4. The highest BCUT2D eigenvalue weighted by Crippen LogP contribution is 2.47. The number of aryl methyl sites for hydroxylation is 1. The molecular formula is C28H38N6O2. The summed E-state index contributed by atoms with van der Waals surface area (Å²) in [5.74, 6) is 0.338. The second-order valence-corrected chi connectivity index (χ2v) is 10.7. The molecule has 1 saturated carbocycles. The van der Waals surface area contributed by atoms with Crippen LogP contribution in [-0.4, -0.2) is 56.7 Å². The predicted molar refractivity (Wildman–Crippen MR) is 139 cm³/mol. The molecule has 3 heterocycles. The van der Waals surface area contributed by atoms with E-state index in [1.807, 2.05) is 9.70 Å². The lowest BCUT2D eigenvalue weighted by Crippen LogP contribution is -2.48. The average molecular weight is 491 g/mol. The molecule has 0 radical (unpaired) electrons. The summed E-state index contributed by atoms with van der Waals surface area (Å²) in [5, 5.41) is 12.6. The summed E-state index contributed by atoms with van der Waals surface area (Å²) in [5.41, 5.74) is 2.35. The van der Waals surface area contributed by atoms with Crippen LogP contribution in [0.1, 0.15) is 80.5 Å². The average Bonchev–Trinajstić information content (AvgIpc) is 3.65. The van der Waals surface area contributed by atoms with Crippen LogP contribution in [0, 0.1) is 12.3 Å². The molecule has 0 bridgehead atoms. The van der Waals surface area contributed by atoms with E-state index in [1.54, 1.807) is 24.7 Å². The maximum absolute atomic E-state index is 13.4. The lowest BCUT2D eigenvalue weighted by molar-refractivity contribution is 0.0623. The third kappa shape index (κ3) is 5.24. The van der Waals surface area contributed by atoms with Gasteiger partial charge in [0, 0.05) is 24.8 Å². The molecule has 3 aromatic rings. The number of anilines is 1. The van der Waals surface area contributed by atoms with E-state index in [0.717, 1.165) is 44.6 Å². The number of carbonyl (C=O) groups is 1. The molecule has 1 atom stereocenters. The number of furan rings is 1. The van der Waals surface area contributed by atoms with Gasteiger partial charge in [0.05, 0.1) is 12.3 Å². The first-order valence-corrected chi connectivity index (χ1v) is 13.4. The lowest BCUT2D eigenvalue weighted by atomic mass is 9.67. The summed E-state index contributed by atoms with van der Waals surface area (Å²) in [4.78, 5) is 19.8. The highest BCUT2D eigenvalue weighted by atomic mass is 16.3. The topological polar surface area (TPSA) is 80.3 Å². The molecule has 1 aliphatic heterocycles. The molecule has 0 N–H and O–H groups in total. The van der Waals surface area contributed by atoms with Crippen molar-refractivity contribution in [2.75, 3.05) is 24.5 Å². The maximum Gasteiger partial charge on any atom is 0.294 e. The Morgan fingerprint density at radius 2 is 1.89 bits per heavy atom. The molecule has 5 rings (SSSR count). The lowest BCUT2D eigenvalue weighted by Gasteiger charge is -2.44. The van der Waals surface area contributed by atoms with Crippen LogP contribution in [0.5, 0.6) is 0 Å². The minimum absolute atomic E-state index is 0.0578. The number of carbonyl (C=O) groups excluding carboxylic acids is 1. The van der Waals surface area contributed by atoms with E-state index in [1.165, 1.54) is 37.7 Å². The monoisotopic (exact) mass is 490 g/mol. The minimum atomic E-state index is -0.0578. The SMILES string of the molecule is Cc1ccc(N(C(=O)c2ccco2)C2CCN(CCC3(C(C)n4ncnn4)CCCCC3)CC2)cc1. The first kappa shape index (κ1) is 24.7. The molecule has 2 aromatic heterocycles. The second kappa shape index (κ2) is 10.9. The number of aromatic nitrogens is 4. The molecule has 0 spiro atoms. The number of hydrogen-bond acceptors (Lipinski definition) is 6. The Labute approximate surface area is 213 Å². The predicted octanol–water partition coefficient (Wildman–Crippen LogP) is 5.29. The van der Waals surface area contributed by atoms with Crippen molar-refractivity contribution in [1.82, 2.24) is 25.1 Å². The van der Waals surface area contributed by atoms with Crippen LogP contribution in [-0.2, 0) is 0 Å². The molecule has 36 heavy (non-hydrogen) atoms. The Morgan fingerprint density at radius 3 is 2.53 bits per heavy atom. The fraction of sp³-hybridized carbons (Fsp3) is 0.571. The molecular weight excluding hydrogens is 452 g/mol. The van der Waals surface area contributed by atoms with Crippen LogP contribution in [0.3, 0.4) is 0 Å². The number of rotatable bonds is 8. The number of nitrogens with zero attached hydrogens (tertiary/aromatic N) is 6. The molecule has 2 aliphatic rings. The Balaban J connectivity index is 1.25. The molecule has 1 unspecified atom stereocenters.